The summed E-state index contributed by atoms with van der Waals surface area (Å²) in [7, 11) is 0. The van der Waals surface area contributed by atoms with Crippen LogP contribution in [-0.2, 0) is 19.1 Å². The van der Waals surface area contributed by atoms with Gasteiger partial charge in [-0.15, -0.1) is 0 Å². The number of esters is 1. The lowest BCUT2D eigenvalue weighted by Gasteiger charge is -2.36. The maximum absolute atomic E-state index is 15.1. The second-order valence-corrected chi connectivity index (χ2v) is 9.46. The summed E-state index contributed by atoms with van der Waals surface area (Å²) in [5.41, 5.74) is 0.869. The third-order valence-corrected chi connectivity index (χ3v) is 6.69. The Bertz CT molecular complexity index is 1240. The van der Waals surface area contributed by atoms with Crippen LogP contribution in [0.2, 0.25) is 0 Å². The molecule has 0 spiro atoms. The first kappa shape index (κ1) is 28.7. The van der Waals surface area contributed by atoms with Crippen molar-refractivity contribution >= 4 is 35.3 Å². The highest BCUT2D eigenvalue weighted by molar-refractivity contribution is 5.96. The smallest absolute Gasteiger partial charge is 0.414 e. The van der Waals surface area contributed by atoms with Crippen LogP contribution in [0.1, 0.15) is 35.8 Å². The predicted octanol–water partition coefficient (Wildman–Crippen LogP) is 2.42. The van der Waals surface area contributed by atoms with E-state index in [9.17, 15) is 19.2 Å². The second-order valence-electron chi connectivity index (χ2n) is 9.46. The van der Waals surface area contributed by atoms with Crippen molar-refractivity contribution in [1.82, 2.24) is 15.2 Å². The van der Waals surface area contributed by atoms with Gasteiger partial charge in [-0.05, 0) is 32.4 Å². The van der Waals surface area contributed by atoms with Gasteiger partial charge in [0.25, 0.3) is 5.91 Å². The molecule has 1 atom stereocenters. The first-order valence-corrected chi connectivity index (χ1v) is 13.0. The molecular formula is C27H31F2N5O6. The monoisotopic (exact) mass is 559 g/mol. The standard InChI is InChI=1S/C27H31F2N5O6/c1-3-39-24(36)7-6-20-16-34(27(38)40-20)19-12-21(28)25(22(29)13-19)33-10-8-32(9-11-33)23(35)15-31-26(37)18-5-4-17(2)30-14-18/h4-5,12-14,20H,3,6-11,15-16H2,1-2H3,(H,31,37)/t20-/m0/s1. The van der Waals surface area contributed by atoms with E-state index in [0.29, 0.717) is 5.56 Å². The van der Waals surface area contributed by atoms with E-state index in [-0.39, 0.29) is 76.0 Å². The number of hydrogen-bond acceptors (Lipinski definition) is 8. The Morgan fingerprint density at radius 3 is 2.45 bits per heavy atom. The number of aromatic nitrogens is 1. The number of pyridine rings is 1. The number of carbonyl (C=O) groups excluding carboxylic acids is 4. The first-order valence-electron chi connectivity index (χ1n) is 13.0. The Kier molecular flexibility index (Phi) is 9.12. The van der Waals surface area contributed by atoms with Crippen molar-refractivity contribution in [3.8, 4) is 0 Å². The number of piperazine rings is 1. The minimum atomic E-state index is -0.850. The molecular weight excluding hydrogens is 528 g/mol. The van der Waals surface area contributed by atoms with Crippen molar-refractivity contribution in [2.45, 2.75) is 32.8 Å². The van der Waals surface area contributed by atoms with Gasteiger partial charge in [0.1, 0.15) is 11.8 Å². The lowest BCUT2D eigenvalue weighted by atomic mass is 10.1. The highest BCUT2D eigenvalue weighted by atomic mass is 19.1. The Hall–Kier alpha value is -4.29. The number of amides is 3. The number of anilines is 2. The van der Waals surface area contributed by atoms with Crippen molar-refractivity contribution in [3.63, 3.8) is 0 Å². The van der Waals surface area contributed by atoms with E-state index in [1.807, 2.05) is 0 Å². The number of rotatable bonds is 9. The molecule has 0 bridgehead atoms. The normalized spacial score (nSPS) is 17.1. The molecule has 2 aliphatic heterocycles. The van der Waals surface area contributed by atoms with E-state index in [0.717, 1.165) is 22.7 Å². The number of benzene rings is 1. The van der Waals surface area contributed by atoms with Gasteiger partial charge in [-0.2, -0.15) is 0 Å². The van der Waals surface area contributed by atoms with Crippen LogP contribution < -0.4 is 15.1 Å². The van der Waals surface area contributed by atoms with Crippen LogP contribution in [-0.4, -0.2) is 85.7 Å². The first-order chi connectivity index (χ1) is 19.2. The number of halogens is 2. The largest absolute Gasteiger partial charge is 0.466 e. The third-order valence-electron chi connectivity index (χ3n) is 6.69. The Balaban J connectivity index is 1.30. The zero-order valence-corrected chi connectivity index (χ0v) is 22.3. The van der Waals surface area contributed by atoms with Gasteiger partial charge < -0.3 is 24.6 Å². The van der Waals surface area contributed by atoms with Gasteiger partial charge in [-0.25, -0.2) is 13.6 Å². The number of nitrogens with zero attached hydrogens (tertiary/aromatic N) is 4. The minimum absolute atomic E-state index is 0.00992. The lowest BCUT2D eigenvalue weighted by molar-refractivity contribution is -0.143. The Morgan fingerprint density at radius 1 is 1.12 bits per heavy atom. The molecule has 4 rings (SSSR count). The summed E-state index contributed by atoms with van der Waals surface area (Å²) in [5.74, 6) is -2.84. The van der Waals surface area contributed by atoms with E-state index in [4.69, 9.17) is 9.47 Å². The summed E-state index contributed by atoms with van der Waals surface area (Å²) in [6.07, 6.45) is 0.371. The molecule has 2 fully saturated rings. The van der Waals surface area contributed by atoms with E-state index in [1.54, 1.807) is 26.0 Å². The molecule has 0 saturated carbocycles. The fourth-order valence-electron chi connectivity index (χ4n) is 4.56. The fourth-order valence-corrected chi connectivity index (χ4v) is 4.56. The highest BCUT2D eigenvalue weighted by Gasteiger charge is 2.34. The van der Waals surface area contributed by atoms with Crippen molar-refractivity contribution in [2.24, 2.45) is 0 Å². The molecule has 0 unspecified atom stereocenters. The van der Waals surface area contributed by atoms with E-state index in [2.05, 4.69) is 10.3 Å². The highest BCUT2D eigenvalue weighted by Crippen LogP contribution is 2.32. The SMILES string of the molecule is CCOC(=O)CC[C@H]1CN(c2cc(F)c(N3CCN(C(=O)CNC(=O)c4ccc(C)nc4)CC3)c(F)c2)C(=O)O1. The van der Waals surface area contributed by atoms with Gasteiger partial charge in [0, 0.05) is 56.6 Å². The molecule has 11 nitrogen and oxygen atoms in total. The minimum Gasteiger partial charge on any atom is -0.466 e. The van der Waals surface area contributed by atoms with Crippen molar-refractivity contribution < 1.29 is 37.4 Å². The third kappa shape index (κ3) is 6.82. The Labute approximate surface area is 230 Å². The molecule has 0 aliphatic carbocycles. The van der Waals surface area contributed by atoms with Gasteiger partial charge in [-0.3, -0.25) is 24.3 Å². The van der Waals surface area contributed by atoms with Crippen LogP contribution in [0, 0.1) is 18.6 Å². The lowest BCUT2D eigenvalue weighted by Crippen LogP contribution is -2.51. The molecule has 0 radical (unpaired) electrons. The van der Waals surface area contributed by atoms with Crippen molar-refractivity contribution in [3.05, 3.63) is 53.4 Å². The van der Waals surface area contributed by atoms with Crippen LogP contribution >= 0.6 is 0 Å². The van der Waals surface area contributed by atoms with Gasteiger partial charge in [0.05, 0.1) is 30.9 Å². The molecule has 3 amide bonds. The molecule has 2 saturated heterocycles. The van der Waals surface area contributed by atoms with Gasteiger partial charge >= 0.3 is 12.1 Å². The molecule has 214 valence electrons. The van der Waals surface area contributed by atoms with Crippen molar-refractivity contribution in [1.29, 1.82) is 0 Å². The van der Waals surface area contributed by atoms with Crippen LogP contribution in [0.4, 0.5) is 25.0 Å². The molecule has 2 aromatic rings. The topological polar surface area (TPSA) is 121 Å². The zero-order chi connectivity index (χ0) is 28.8. The van der Waals surface area contributed by atoms with Gasteiger partial charge in [0.15, 0.2) is 11.6 Å². The molecule has 1 aromatic heterocycles. The number of hydrogen-bond donors (Lipinski definition) is 1. The van der Waals surface area contributed by atoms with Crippen molar-refractivity contribution in [2.75, 3.05) is 55.7 Å². The molecule has 2 aliphatic rings. The summed E-state index contributed by atoms with van der Waals surface area (Å²) >= 11 is 0. The average molecular weight is 560 g/mol. The number of ether oxygens (including phenoxy) is 2. The summed E-state index contributed by atoms with van der Waals surface area (Å²) < 4.78 is 40.3. The van der Waals surface area contributed by atoms with E-state index >= 15 is 8.78 Å². The van der Waals surface area contributed by atoms with E-state index in [1.165, 1.54) is 16.0 Å². The molecule has 1 aromatic carbocycles. The van der Waals surface area contributed by atoms with Gasteiger partial charge in [-0.1, -0.05) is 0 Å². The predicted molar refractivity (Wildman–Crippen MR) is 140 cm³/mol. The summed E-state index contributed by atoms with van der Waals surface area (Å²) in [4.78, 5) is 56.9. The van der Waals surface area contributed by atoms with Crippen LogP contribution in [0.25, 0.3) is 0 Å². The molecule has 3 heterocycles. The van der Waals surface area contributed by atoms with E-state index < -0.39 is 35.7 Å². The quantitative estimate of drug-likeness (QED) is 0.465. The summed E-state index contributed by atoms with van der Waals surface area (Å²) in [5, 5.41) is 2.57. The second kappa shape index (κ2) is 12.7. The Morgan fingerprint density at radius 2 is 1.82 bits per heavy atom. The van der Waals surface area contributed by atoms with Gasteiger partial charge in [0.2, 0.25) is 5.91 Å². The van der Waals surface area contributed by atoms with Crippen LogP contribution in [0.15, 0.2) is 30.5 Å². The van der Waals surface area contributed by atoms with Crippen LogP contribution in [0.3, 0.4) is 0 Å². The number of nitrogens with one attached hydrogen (secondary N) is 1. The maximum atomic E-state index is 15.1. The number of cyclic esters (lactones) is 1. The fraction of sp³-hybridized carbons (Fsp3) is 0.444. The average Bonchev–Trinajstić information content (AvgIpc) is 3.31. The summed E-state index contributed by atoms with van der Waals surface area (Å²) in [6, 6.07) is 5.45. The summed E-state index contributed by atoms with van der Waals surface area (Å²) in [6.45, 7) is 4.35. The number of aryl methyl sites for hydroxylation is 1. The molecule has 1 N–H and O–H groups in total. The number of carbonyl (C=O) groups is 4. The maximum Gasteiger partial charge on any atom is 0.414 e. The molecule has 13 heteroatoms. The zero-order valence-electron chi connectivity index (χ0n) is 22.3. The molecule has 40 heavy (non-hydrogen) atoms. The van der Waals surface area contributed by atoms with Crippen LogP contribution in [0.5, 0.6) is 0 Å².